The molecule has 0 atom stereocenters. The number of H-pyrrole nitrogens is 4. The molecule has 4 aromatic carbocycles. The minimum atomic E-state index is -0.753. The predicted octanol–water partition coefficient (Wildman–Crippen LogP) is 12.8. The quantitative estimate of drug-likeness (QED) is 0.0531. The van der Waals surface area contributed by atoms with Crippen LogP contribution in [0.25, 0.3) is 44.5 Å². The molecule has 8 aromatic rings. The van der Waals surface area contributed by atoms with Gasteiger partial charge in [-0.1, -0.05) is 176 Å². The third kappa shape index (κ3) is 17.2. The van der Waals surface area contributed by atoms with E-state index in [1.165, 1.54) is 25.7 Å². The lowest BCUT2D eigenvalue weighted by Crippen LogP contribution is -2.23. The summed E-state index contributed by atoms with van der Waals surface area (Å²) in [6, 6.07) is 39.8. The van der Waals surface area contributed by atoms with Crippen molar-refractivity contribution in [3.05, 3.63) is 209 Å². The van der Waals surface area contributed by atoms with E-state index < -0.39 is 11.5 Å². The smallest absolute Gasteiger partial charge is 0.259 e. The minimum Gasteiger partial charge on any atom is -0.507 e. The zero-order chi connectivity index (χ0) is 59.1. The number of rotatable bonds is 13. The molecule has 426 valence electrons. The first-order valence-electron chi connectivity index (χ1n) is 27.8. The van der Waals surface area contributed by atoms with Crippen molar-refractivity contribution in [1.29, 1.82) is 0 Å². The molecule has 1 aliphatic rings. The number of primary amides is 1. The lowest BCUT2D eigenvalue weighted by atomic mass is 9.72. The lowest BCUT2D eigenvalue weighted by molar-refractivity contribution is 0.0996. The number of carbonyl (C=O) groups is 1. The summed E-state index contributed by atoms with van der Waals surface area (Å²) in [6.45, 7) is 18.8. The molecular weight excluding hydrogens is 1020 g/mol. The Hall–Kier alpha value is -8.65. The highest BCUT2D eigenvalue weighted by molar-refractivity contribution is 5.99. The Morgan fingerprint density at radius 1 is 0.506 bits per heavy atom. The fourth-order valence-electron chi connectivity index (χ4n) is 10.2. The van der Waals surface area contributed by atoms with Crippen molar-refractivity contribution < 1.29 is 25.2 Å². The number of benzene rings is 4. The molecule has 4 heterocycles. The number of aromatic hydroxyl groups is 4. The fraction of sp³-hybridized carbons (Fsp3) is 0.328. The van der Waals surface area contributed by atoms with E-state index in [1.54, 1.807) is 48.5 Å². The highest BCUT2D eigenvalue weighted by Gasteiger charge is 2.28. The Kier molecular flexibility index (Phi) is 21.3. The van der Waals surface area contributed by atoms with Crippen molar-refractivity contribution in [2.75, 3.05) is 0 Å². The second-order valence-electron chi connectivity index (χ2n) is 23.1. The van der Waals surface area contributed by atoms with E-state index in [0.717, 1.165) is 58.6 Å². The molecule has 0 bridgehead atoms. The van der Waals surface area contributed by atoms with Gasteiger partial charge in [0, 0.05) is 41.0 Å². The summed E-state index contributed by atoms with van der Waals surface area (Å²) in [6.07, 6.45) is 7.64. The van der Waals surface area contributed by atoms with Crippen molar-refractivity contribution in [3.63, 3.8) is 0 Å². The second kappa shape index (κ2) is 28.0. The summed E-state index contributed by atoms with van der Waals surface area (Å²) in [5.41, 5.74) is 12.4. The maximum absolute atomic E-state index is 12.4. The number of nitrogens with one attached hydrogen (secondary N) is 4. The van der Waals surface area contributed by atoms with Gasteiger partial charge >= 0.3 is 0 Å². The first-order chi connectivity index (χ1) is 38.4. The molecule has 0 radical (unpaired) electrons. The summed E-state index contributed by atoms with van der Waals surface area (Å²) in [4.78, 5) is 71.8. The van der Waals surface area contributed by atoms with Crippen molar-refractivity contribution in [2.24, 2.45) is 34.8 Å². The number of amides is 1. The van der Waals surface area contributed by atoms with Crippen LogP contribution in [0.5, 0.6) is 23.0 Å². The summed E-state index contributed by atoms with van der Waals surface area (Å²) in [5, 5.41) is 40.8. The standard InChI is InChI=1S/C20H25NO2.C16H18N2O3.C16H19NO2.C15H17NO2/c1-20(2)10-8-14(9-11-20)12-16-13-17(22)18(19(23)21-16)15-6-4-3-5-7-15;1-9(2)8-11-13(15(17)20)14(19)12(16(21)18-11)10-6-4-3-5-7-10;1-10(2)7-13-9-14(18)15(16(19)17-13)12-6-4-5-11(3)8-12;1-10(2)8-12-9-13(17)14(15(18)16-12)11-6-4-3-5-7-11/h3-7,13-14H,8-12H2,1-2H3,(H2,21,22,23);3-7,9H,8H2,1-2H3,(H2,17,20)(H2,18,19,21);4-6,8-10H,7H2,1-3H3,(H2,17,18,19);3-7,9-10H,8H2,1-2H3,(H2,16,17,18). The molecule has 0 aliphatic heterocycles. The zero-order valence-corrected chi connectivity index (χ0v) is 48.1. The molecular formula is C67H79N5O9. The number of nitrogens with two attached hydrogens (primary N) is 1. The third-order valence-corrected chi connectivity index (χ3v) is 14.0. The summed E-state index contributed by atoms with van der Waals surface area (Å²) in [7, 11) is 0. The molecule has 81 heavy (non-hydrogen) atoms. The van der Waals surface area contributed by atoms with Gasteiger partial charge in [-0.05, 0) is 110 Å². The van der Waals surface area contributed by atoms with Crippen LogP contribution in [0, 0.1) is 36.0 Å². The van der Waals surface area contributed by atoms with E-state index in [-0.39, 0.29) is 56.7 Å². The van der Waals surface area contributed by atoms with Crippen LogP contribution in [0.3, 0.4) is 0 Å². The number of aromatic amines is 4. The van der Waals surface area contributed by atoms with Gasteiger partial charge in [-0.3, -0.25) is 24.0 Å². The van der Waals surface area contributed by atoms with Gasteiger partial charge in [0.25, 0.3) is 28.1 Å². The normalized spacial score (nSPS) is 12.9. The Morgan fingerprint density at radius 3 is 1.27 bits per heavy atom. The maximum Gasteiger partial charge on any atom is 0.259 e. The molecule has 0 saturated heterocycles. The minimum absolute atomic E-state index is 0.0119. The lowest BCUT2D eigenvalue weighted by Gasteiger charge is -2.34. The molecule has 1 amide bonds. The largest absolute Gasteiger partial charge is 0.507 e. The molecule has 1 fully saturated rings. The van der Waals surface area contributed by atoms with Gasteiger partial charge < -0.3 is 46.1 Å². The van der Waals surface area contributed by atoms with Crippen LogP contribution in [0.1, 0.15) is 120 Å². The van der Waals surface area contributed by atoms with Crippen molar-refractivity contribution in [1.82, 2.24) is 19.9 Å². The van der Waals surface area contributed by atoms with E-state index in [1.807, 2.05) is 106 Å². The molecule has 1 aliphatic carbocycles. The van der Waals surface area contributed by atoms with Crippen LogP contribution in [0.2, 0.25) is 0 Å². The Labute approximate surface area is 473 Å². The summed E-state index contributed by atoms with van der Waals surface area (Å²) >= 11 is 0. The average Bonchev–Trinajstić information content (AvgIpc) is 3.40. The van der Waals surface area contributed by atoms with E-state index in [2.05, 4.69) is 61.5 Å². The number of pyridine rings is 4. The van der Waals surface area contributed by atoms with Gasteiger partial charge in [0.1, 0.15) is 28.6 Å². The Bertz CT molecular complexity index is 3630. The third-order valence-electron chi connectivity index (χ3n) is 14.0. The van der Waals surface area contributed by atoms with Gasteiger partial charge in [-0.25, -0.2) is 0 Å². The monoisotopic (exact) mass is 1100 g/mol. The molecule has 14 heteroatoms. The fourth-order valence-corrected chi connectivity index (χ4v) is 10.2. The van der Waals surface area contributed by atoms with E-state index in [9.17, 15) is 44.4 Å². The van der Waals surface area contributed by atoms with Gasteiger partial charge in [0.2, 0.25) is 0 Å². The first kappa shape index (κ1) is 61.6. The van der Waals surface area contributed by atoms with Crippen LogP contribution in [-0.2, 0) is 25.7 Å². The molecule has 0 spiro atoms. The number of hydrogen-bond donors (Lipinski definition) is 9. The molecule has 0 unspecified atom stereocenters. The van der Waals surface area contributed by atoms with Gasteiger partial charge in [0.05, 0.1) is 22.3 Å². The van der Waals surface area contributed by atoms with Crippen molar-refractivity contribution in [2.45, 2.75) is 114 Å². The summed E-state index contributed by atoms with van der Waals surface area (Å²) in [5.74, 6) is 0.727. The van der Waals surface area contributed by atoms with Crippen molar-refractivity contribution >= 4 is 5.91 Å². The van der Waals surface area contributed by atoms with Gasteiger partial charge in [-0.15, -0.1) is 0 Å². The molecule has 10 N–H and O–H groups in total. The molecule has 9 rings (SSSR count). The number of aryl methyl sites for hydroxylation is 1. The number of hydrogen-bond acceptors (Lipinski definition) is 9. The predicted molar refractivity (Wildman–Crippen MR) is 325 cm³/mol. The molecule has 1 saturated carbocycles. The maximum atomic E-state index is 12.4. The Balaban J connectivity index is 0.000000175. The van der Waals surface area contributed by atoms with Crippen LogP contribution in [-0.4, -0.2) is 46.3 Å². The topological polar surface area (TPSA) is 255 Å². The van der Waals surface area contributed by atoms with Crippen molar-refractivity contribution in [3.8, 4) is 67.5 Å². The van der Waals surface area contributed by atoms with Crippen LogP contribution >= 0.6 is 0 Å². The van der Waals surface area contributed by atoms with Gasteiger partial charge in [-0.2, -0.15) is 0 Å². The molecule has 4 aromatic heterocycles. The van der Waals surface area contributed by atoms with Crippen LogP contribution < -0.4 is 28.0 Å². The first-order valence-corrected chi connectivity index (χ1v) is 27.8. The second-order valence-corrected chi connectivity index (χ2v) is 23.1. The van der Waals surface area contributed by atoms with Gasteiger partial charge in [0.15, 0.2) is 0 Å². The highest BCUT2D eigenvalue weighted by atomic mass is 16.3. The van der Waals surface area contributed by atoms with Crippen LogP contribution in [0.4, 0.5) is 0 Å². The number of carbonyl (C=O) groups excluding carboxylic acids is 1. The number of aromatic nitrogens is 4. The zero-order valence-electron chi connectivity index (χ0n) is 48.1. The van der Waals surface area contributed by atoms with E-state index in [0.29, 0.717) is 57.5 Å². The highest BCUT2D eigenvalue weighted by Crippen LogP contribution is 2.39. The van der Waals surface area contributed by atoms with E-state index in [4.69, 9.17) is 5.73 Å². The average molecular weight is 1100 g/mol. The SMILES string of the molecule is CC(C)Cc1[nH]c(=O)c(-c2ccccc2)c(O)c1C(N)=O.CC(C)Cc1cc(O)c(-c2ccccc2)c(=O)[nH]1.CC1(C)CCC(Cc2cc(O)c(-c3ccccc3)c(=O)[nH]2)CC1.Cc1cccc(-c2c(O)cc(CC(C)C)[nH]c2=O)c1. The molecule has 14 nitrogen and oxygen atoms in total. The van der Waals surface area contributed by atoms with Crippen LogP contribution in [0.15, 0.2) is 153 Å². The van der Waals surface area contributed by atoms with E-state index >= 15 is 0 Å². The summed E-state index contributed by atoms with van der Waals surface area (Å²) < 4.78 is 0. The Morgan fingerprint density at radius 2 is 0.877 bits per heavy atom.